The highest BCUT2D eigenvalue weighted by molar-refractivity contribution is 5.98. The van der Waals surface area contributed by atoms with Gasteiger partial charge in [-0.15, -0.1) is 0 Å². The Balaban J connectivity index is 0.857. The monoisotopic (exact) mass is 891 g/mol. The fraction of sp³-hybridized carbons (Fsp3) is 0. The maximum absolute atomic E-state index is 6.75. The Morgan fingerprint density at radius 1 is 0.188 bits per heavy atom. The van der Waals surface area contributed by atoms with E-state index >= 15 is 0 Å². The highest BCUT2D eigenvalue weighted by Crippen LogP contribution is 2.63. The van der Waals surface area contributed by atoms with Gasteiger partial charge in [-0.25, -0.2) is 0 Å². The van der Waals surface area contributed by atoms with Gasteiger partial charge in [0.25, 0.3) is 0 Å². The Labute approximate surface area is 395 Å². The van der Waals surface area contributed by atoms with E-state index in [1.54, 1.807) is 0 Å². The zero-order chi connectivity index (χ0) is 44.9. The maximum Gasteiger partial charge on any atom is 0.155 e. The van der Waals surface area contributed by atoms with Crippen LogP contribution < -0.4 is 43.1 Å². The van der Waals surface area contributed by atoms with Gasteiger partial charge in [-0.1, -0.05) is 72.8 Å². The van der Waals surface area contributed by atoms with Crippen LogP contribution in [0.1, 0.15) is 0 Å². The van der Waals surface area contributed by atoms with Gasteiger partial charge in [0, 0.05) is 0 Å². The molecular weight excluding hydrogens is 859 g/mol. The van der Waals surface area contributed by atoms with Crippen molar-refractivity contribution in [2.24, 2.45) is 0 Å². The lowest BCUT2D eigenvalue weighted by molar-refractivity contribution is 0.445. The molecule has 0 aliphatic carbocycles. The zero-order valence-corrected chi connectivity index (χ0v) is 36.3. The van der Waals surface area contributed by atoms with Crippen LogP contribution in [0.15, 0.2) is 200 Å². The van der Waals surface area contributed by atoms with Gasteiger partial charge in [0.1, 0.15) is 17.1 Å². The number of hydrogen-bond donors (Lipinski definition) is 0. The molecule has 0 saturated heterocycles. The summed E-state index contributed by atoms with van der Waals surface area (Å²) in [5.41, 5.74) is 14.4. The largest absolute Gasteiger partial charge is 0.453 e. The Kier molecular flexibility index (Phi) is 7.16. The summed E-state index contributed by atoms with van der Waals surface area (Å²) in [7, 11) is 0. The fourth-order valence-corrected chi connectivity index (χ4v) is 10.7. The normalized spacial score (nSPS) is 13.8. The van der Waals surface area contributed by atoms with E-state index in [1.165, 1.54) is 0 Å². The summed E-state index contributed by atoms with van der Waals surface area (Å²) < 4.78 is 39.3. The molecule has 0 saturated carbocycles. The van der Waals surface area contributed by atoms with Crippen LogP contribution in [-0.4, -0.2) is 0 Å². The smallest absolute Gasteiger partial charge is 0.155 e. The SMILES string of the molecule is c1ccc2c(c1)Oc1cccc3c1N2c1ccc(-c2cc(-c4ccc5c(c4)Oc4cccc6c4N5c4ccccc4O6)cc(-c4ccc5c(c4)Oc4cccc6c4N5c4ccccc4O6)c2)cc1O3. The van der Waals surface area contributed by atoms with Crippen LogP contribution in [0.3, 0.4) is 0 Å². The van der Waals surface area contributed by atoms with Gasteiger partial charge in [0.05, 0.1) is 34.1 Å². The first-order valence-electron chi connectivity index (χ1n) is 22.9. The second-order valence-corrected chi connectivity index (χ2v) is 17.7. The Morgan fingerprint density at radius 3 is 0.739 bits per heavy atom. The Morgan fingerprint density at radius 2 is 0.435 bits per heavy atom. The summed E-state index contributed by atoms with van der Waals surface area (Å²) in [4.78, 5) is 6.74. The molecule has 10 aromatic rings. The average molecular weight is 892 g/mol. The second-order valence-electron chi connectivity index (χ2n) is 17.7. The number of fused-ring (bicyclic) bond motifs is 12. The molecule has 0 bridgehead atoms. The van der Waals surface area contributed by atoms with E-state index < -0.39 is 0 Å². The van der Waals surface area contributed by atoms with Gasteiger partial charge >= 0.3 is 0 Å². The molecule has 0 unspecified atom stereocenters. The molecule has 0 amide bonds. The minimum absolute atomic E-state index is 0.734. The minimum Gasteiger partial charge on any atom is -0.453 e. The molecular formula is C60H33N3O6. The highest BCUT2D eigenvalue weighted by Gasteiger charge is 2.38. The summed E-state index contributed by atoms with van der Waals surface area (Å²) in [5, 5.41) is 0. The highest BCUT2D eigenvalue weighted by atomic mass is 16.5. The maximum atomic E-state index is 6.75. The molecule has 324 valence electrons. The average Bonchev–Trinajstić information content (AvgIpc) is 3.40. The number of benzene rings is 10. The topological polar surface area (TPSA) is 65.1 Å². The van der Waals surface area contributed by atoms with Crippen molar-refractivity contribution in [3.63, 3.8) is 0 Å². The number of rotatable bonds is 3. The van der Waals surface area contributed by atoms with E-state index in [1.807, 2.05) is 109 Å². The number of hydrogen-bond acceptors (Lipinski definition) is 9. The van der Waals surface area contributed by atoms with Crippen LogP contribution >= 0.6 is 0 Å². The van der Waals surface area contributed by atoms with Gasteiger partial charge in [-0.05, 0) is 161 Å². The predicted octanol–water partition coefficient (Wildman–Crippen LogP) is 17.7. The molecule has 0 atom stereocenters. The van der Waals surface area contributed by atoms with Crippen molar-refractivity contribution in [2.45, 2.75) is 0 Å². The molecule has 0 aromatic heterocycles. The lowest BCUT2D eigenvalue weighted by Gasteiger charge is -2.38. The summed E-state index contributed by atoms with van der Waals surface area (Å²) in [5.74, 6) is 9.09. The van der Waals surface area contributed by atoms with E-state index in [-0.39, 0.29) is 0 Å². The van der Waals surface area contributed by atoms with Crippen LogP contribution in [0.2, 0.25) is 0 Å². The van der Waals surface area contributed by atoms with Gasteiger partial charge in [-0.2, -0.15) is 0 Å². The number of para-hydroxylation sites is 9. The van der Waals surface area contributed by atoms with Crippen molar-refractivity contribution in [2.75, 3.05) is 14.7 Å². The van der Waals surface area contributed by atoms with Crippen molar-refractivity contribution in [3.8, 4) is 102 Å². The molecule has 0 fully saturated rings. The summed E-state index contributed by atoms with van der Waals surface area (Å²) in [6.07, 6.45) is 0. The summed E-state index contributed by atoms with van der Waals surface area (Å²) in [6, 6.07) is 68.4. The zero-order valence-electron chi connectivity index (χ0n) is 36.3. The van der Waals surface area contributed by atoms with Crippen LogP contribution in [0.4, 0.5) is 51.2 Å². The number of ether oxygens (including phenoxy) is 6. The lowest BCUT2D eigenvalue weighted by atomic mass is 9.92. The van der Waals surface area contributed by atoms with E-state index in [9.17, 15) is 0 Å². The molecule has 16 rings (SSSR count). The van der Waals surface area contributed by atoms with Crippen LogP contribution in [-0.2, 0) is 0 Å². The van der Waals surface area contributed by atoms with E-state index in [0.717, 1.165) is 154 Å². The van der Waals surface area contributed by atoms with Gasteiger partial charge in [-0.3, -0.25) is 14.7 Å². The van der Waals surface area contributed by atoms with Crippen LogP contribution in [0.25, 0.3) is 33.4 Å². The van der Waals surface area contributed by atoms with E-state index in [2.05, 4.69) is 106 Å². The first-order valence-corrected chi connectivity index (χ1v) is 22.9. The third kappa shape index (κ3) is 5.23. The minimum atomic E-state index is 0.734. The predicted molar refractivity (Wildman–Crippen MR) is 267 cm³/mol. The van der Waals surface area contributed by atoms with Crippen LogP contribution in [0.5, 0.6) is 69.0 Å². The third-order valence-electron chi connectivity index (χ3n) is 13.7. The van der Waals surface area contributed by atoms with Crippen molar-refractivity contribution >= 4 is 51.2 Å². The molecule has 6 aliphatic heterocycles. The molecule has 0 spiro atoms. The summed E-state index contributed by atoms with van der Waals surface area (Å²) >= 11 is 0. The quantitative estimate of drug-likeness (QED) is 0.173. The molecule has 69 heavy (non-hydrogen) atoms. The van der Waals surface area contributed by atoms with Crippen LogP contribution in [0, 0.1) is 0 Å². The van der Waals surface area contributed by atoms with E-state index in [4.69, 9.17) is 28.4 Å². The molecule has 0 N–H and O–H groups in total. The van der Waals surface area contributed by atoms with Gasteiger partial charge < -0.3 is 28.4 Å². The number of nitrogens with zero attached hydrogens (tertiary/aromatic N) is 3. The molecule has 0 radical (unpaired) electrons. The standard InChI is InChI=1S/C60H33N3O6/c1-4-13-46-40(10-1)61-43-25-22-34(31-55(43)67-52-19-7-16-49(64-46)58(52)61)37-28-38(35-23-26-44-56(32-35)68-53-20-8-17-50-59(53)62(44)41-11-2-5-14-47(41)65-50)30-39(29-37)36-24-27-45-57(33-36)69-54-21-9-18-51-60(54)63(45)42-12-3-6-15-48(42)66-51/h1-33H. The first kappa shape index (κ1) is 36.6. The molecule has 6 heterocycles. The Hall–Kier alpha value is -9.60. The van der Waals surface area contributed by atoms with Crippen molar-refractivity contribution in [1.82, 2.24) is 0 Å². The first-order chi connectivity index (χ1) is 34.1. The van der Waals surface area contributed by atoms with E-state index in [0.29, 0.717) is 0 Å². The Bertz CT molecular complexity index is 3510. The molecule has 10 aromatic carbocycles. The molecule has 9 nitrogen and oxygen atoms in total. The van der Waals surface area contributed by atoms with Crippen molar-refractivity contribution < 1.29 is 28.4 Å². The lowest BCUT2D eigenvalue weighted by Crippen LogP contribution is -2.20. The fourth-order valence-electron chi connectivity index (χ4n) is 10.7. The number of anilines is 9. The second kappa shape index (κ2) is 13.5. The van der Waals surface area contributed by atoms with Gasteiger partial charge in [0.2, 0.25) is 0 Å². The third-order valence-corrected chi connectivity index (χ3v) is 13.7. The summed E-state index contributed by atoms with van der Waals surface area (Å²) in [6.45, 7) is 0. The van der Waals surface area contributed by atoms with Crippen molar-refractivity contribution in [1.29, 1.82) is 0 Å². The van der Waals surface area contributed by atoms with Crippen molar-refractivity contribution in [3.05, 3.63) is 200 Å². The van der Waals surface area contributed by atoms with Gasteiger partial charge in [0.15, 0.2) is 69.0 Å². The molecule has 9 heteroatoms. The molecule has 6 aliphatic rings.